The second-order valence-electron chi connectivity index (χ2n) is 6.76. The van der Waals surface area contributed by atoms with E-state index < -0.39 is 14.3 Å². The Balaban J connectivity index is 2.16. The molecule has 0 aromatic heterocycles. The Morgan fingerprint density at radius 3 is 2.27 bits per heavy atom. The second kappa shape index (κ2) is 8.78. The van der Waals surface area contributed by atoms with Gasteiger partial charge in [-0.25, -0.2) is 0 Å². The fourth-order valence-corrected chi connectivity index (χ4v) is 2.97. The molecular weight excluding hydrogens is 348 g/mol. The van der Waals surface area contributed by atoms with Crippen LogP contribution in [0.5, 0.6) is 11.5 Å². The molecule has 0 amide bonds. The van der Waals surface area contributed by atoms with Crippen LogP contribution in [0.15, 0.2) is 48.5 Å². The van der Waals surface area contributed by atoms with Crippen molar-refractivity contribution in [3.8, 4) is 11.5 Å². The van der Waals surface area contributed by atoms with Gasteiger partial charge >= 0.3 is 5.97 Å². The van der Waals surface area contributed by atoms with Gasteiger partial charge in [0.1, 0.15) is 18.1 Å². The molecule has 2 aromatic carbocycles. The Kier molecular flexibility index (Phi) is 6.71. The fourth-order valence-electron chi connectivity index (χ4n) is 2.27. The highest BCUT2D eigenvalue weighted by atomic mass is 28.4. The standard InChI is InChI=1S/C20H24O5Si/c1-15(21)25-19-14-17(23-12-13-24-26(2,3)4)10-11-18(19)20(22)16-8-6-5-7-9-16/h5-11,14H,12-13H2,1-4H3. The summed E-state index contributed by atoms with van der Waals surface area (Å²) in [5.41, 5.74) is 0.843. The Morgan fingerprint density at radius 1 is 0.962 bits per heavy atom. The molecule has 0 fully saturated rings. The SMILES string of the molecule is CC(=O)Oc1cc(OCCO[Si](C)(C)C)ccc1C(=O)c1ccccc1. The zero-order valence-electron chi connectivity index (χ0n) is 15.6. The molecule has 0 saturated heterocycles. The van der Waals surface area contributed by atoms with Gasteiger partial charge in [0.05, 0.1) is 12.2 Å². The van der Waals surface area contributed by atoms with Crippen molar-refractivity contribution in [2.45, 2.75) is 26.6 Å². The second-order valence-corrected chi connectivity index (χ2v) is 11.3. The van der Waals surface area contributed by atoms with Crippen LogP contribution in [0, 0.1) is 0 Å². The number of carbonyl (C=O) groups excluding carboxylic acids is 2. The molecule has 0 atom stereocenters. The van der Waals surface area contributed by atoms with Gasteiger partial charge in [-0.3, -0.25) is 9.59 Å². The summed E-state index contributed by atoms with van der Waals surface area (Å²) >= 11 is 0. The summed E-state index contributed by atoms with van der Waals surface area (Å²) in [6, 6.07) is 13.7. The minimum Gasteiger partial charge on any atom is -0.491 e. The van der Waals surface area contributed by atoms with Crippen molar-refractivity contribution in [3.63, 3.8) is 0 Å². The van der Waals surface area contributed by atoms with E-state index in [4.69, 9.17) is 13.9 Å². The van der Waals surface area contributed by atoms with Crippen molar-refractivity contribution < 1.29 is 23.5 Å². The first-order valence-corrected chi connectivity index (χ1v) is 11.9. The lowest BCUT2D eigenvalue weighted by atomic mass is 10.0. The molecule has 0 heterocycles. The molecule has 0 saturated carbocycles. The summed E-state index contributed by atoms with van der Waals surface area (Å²) in [5, 5.41) is 0. The summed E-state index contributed by atoms with van der Waals surface area (Å²) in [6.07, 6.45) is 0. The number of carbonyl (C=O) groups is 2. The molecule has 2 aromatic rings. The molecule has 0 aliphatic rings. The summed E-state index contributed by atoms with van der Waals surface area (Å²) in [7, 11) is -1.58. The van der Waals surface area contributed by atoms with E-state index >= 15 is 0 Å². The molecule has 0 bridgehead atoms. The lowest BCUT2D eigenvalue weighted by Crippen LogP contribution is -2.27. The maximum atomic E-state index is 12.7. The van der Waals surface area contributed by atoms with Gasteiger partial charge in [0.2, 0.25) is 0 Å². The number of esters is 1. The molecule has 0 N–H and O–H groups in total. The van der Waals surface area contributed by atoms with E-state index in [2.05, 4.69) is 19.6 Å². The molecule has 0 radical (unpaired) electrons. The van der Waals surface area contributed by atoms with Crippen LogP contribution in [0.4, 0.5) is 0 Å². The number of hydrogen-bond donors (Lipinski definition) is 0. The van der Waals surface area contributed by atoms with Crippen molar-refractivity contribution in [1.29, 1.82) is 0 Å². The van der Waals surface area contributed by atoms with Crippen LogP contribution in [0.25, 0.3) is 0 Å². The minimum atomic E-state index is -1.58. The smallest absolute Gasteiger partial charge is 0.308 e. The van der Waals surface area contributed by atoms with Crippen LogP contribution >= 0.6 is 0 Å². The number of ketones is 1. The minimum absolute atomic E-state index is 0.190. The molecule has 138 valence electrons. The number of benzene rings is 2. The van der Waals surface area contributed by atoms with Gasteiger partial charge in [0.15, 0.2) is 14.1 Å². The molecule has 2 rings (SSSR count). The van der Waals surface area contributed by atoms with E-state index in [1.165, 1.54) is 6.92 Å². The van der Waals surface area contributed by atoms with Gasteiger partial charge in [-0.1, -0.05) is 30.3 Å². The Morgan fingerprint density at radius 2 is 1.65 bits per heavy atom. The largest absolute Gasteiger partial charge is 0.491 e. The van der Waals surface area contributed by atoms with Crippen molar-refractivity contribution in [2.75, 3.05) is 13.2 Å². The average Bonchev–Trinajstić information content (AvgIpc) is 2.58. The molecular formula is C20H24O5Si. The van der Waals surface area contributed by atoms with Crippen LogP contribution in [0.2, 0.25) is 19.6 Å². The monoisotopic (exact) mass is 372 g/mol. The first-order valence-electron chi connectivity index (χ1n) is 8.45. The Hall–Kier alpha value is -2.44. The van der Waals surface area contributed by atoms with E-state index in [1.54, 1.807) is 42.5 Å². The van der Waals surface area contributed by atoms with Crippen LogP contribution < -0.4 is 9.47 Å². The van der Waals surface area contributed by atoms with Crippen LogP contribution in [-0.2, 0) is 9.22 Å². The highest BCUT2D eigenvalue weighted by Crippen LogP contribution is 2.27. The molecule has 0 unspecified atom stereocenters. The molecule has 5 nitrogen and oxygen atoms in total. The zero-order valence-corrected chi connectivity index (χ0v) is 16.6. The van der Waals surface area contributed by atoms with E-state index in [0.29, 0.717) is 30.1 Å². The summed E-state index contributed by atoms with van der Waals surface area (Å²) in [6.45, 7) is 8.49. The topological polar surface area (TPSA) is 61.8 Å². The molecule has 0 aliphatic carbocycles. The van der Waals surface area contributed by atoms with Gasteiger partial charge < -0.3 is 13.9 Å². The van der Waals surface area contributed by atoms with Crippen molar-refractivity contribution in [1.82, 2.24) is 0 Å². The van der Waals surface area contributed by atoms with Gasteiger partial charge in [-0.2, -0.15) is 0 Å². The maximum absolute atomic E-state index is 12.7. The molecule has 26 heavy (non-hydrogen) atoms. The maximum Gasteiger partial charge on any atom is 0.308 e. The molecule has 6 heteroatoms. The fraction of sp³-hybridized carbons (Fsp3) is 0.300. The van der Waals surface area contributed by atoms with E-state index in [-0.39, 0.29) is 11.5 Å². The number of hydrogen-bond acceptors (Lipinski definition) is 5. The third kappa shape index (κ3) is 6.13. The summed E-state index contributed by atoms with van der Waals surface area (Å²) in [5.74, 6) is 0.00167. The lowest BCUT2D eigenvalue weighted by Gasteiger charge is -2.17. The lowest BCUT2D eigenvalue weighted by molar-refractivity contribution is -0.131. The van der Waals surface area contributed by atoms with Gasteiger partial charge in [-0.05, 0) is 31.8 Å². The third-order valence-corrected chi connectivity index (χ3v) is 4.44. The van der Waals surface area contributed by atoms with Crippen molar-refractivity contribution in [2.24, 2.45) is 0 Å². The predicted molar refractivity (Wildman–Crippen MR) is 102 cm³/mol. The Labute approximate surface area is 155 Å². The van der Waals surface area contributed by atoms with Gasteiger partial charge in [0, 0.05) is 18.6 Å². The first kappa shape index (κ1) is 19.9. The van der Waals surface area contributed by atoms with Gasteiger partial charge in [-0.15, -0.1) is 0 Å². The van der Waals surface area contributed by atoms with E-state index in [0.717, 1.165) is 0 Å². The van der Waals surface area contributed by atoms with Crippen LogP contribution in [0.3, 0.4) is 0 Å². The summed E-state index contributed by atoms with van der Waals surface area (Å²) in [4.78, 5) is 24.1. The van der Waals surface area contributed by atoms with Crippen molar-refractivity contribution >= 4 is 20.1 Å². The average molecular weight is 372 g/mol. The summed E-state index contributed by atoms with van der Waals surface area (Å²) < 4.78 is 16.6. The van der Waals surface area contributed by atoms with Gasteiger partial charge in [0.25, 0.3) is 0 Å². The first-order chi connectivity index (χ1) is 12.3. The van der Waals surface area contributed by atoms with Crippen LogP contribution in [-0.4, -0.2) is 33.3 Å². The van der Waals surface area contributed by atoms with E-state index in [1.807, 2.05) is 6.07 Å². The zero-order chi connectivity index (χ0) is 19.2. The number of rotatable bonds is 8. The predicted octanol–water partition coefficient (Wildman–Crippen LogP) is 4.07. The van der Waals surface area contributed by atoms with E-state index in [9.17, 15) is 9.59 Å². The Bertz CT molecular complexity index is 766. The van der Waals surface area contributed by atoms with Crippen LogP contribution in [0.1, 0.15) is 22.8 Å². The highest BCUT2D eigenvalue weighted by molar-refractivity contribution is 6.69. The normalized spacial score (nSPS) is 11.1. The van der Waals surface area contributed by atoms with Crippen molar-refractivity contribution in [3.05, 3.63) is 59.7 Å². The quantitative estimate of drug-likeness (QED) is 0.230. The highest BCUT2D eigenvalue weighted by Gasteiger charge is 2.17. The number of ether oxygens (including phenoxy) is 2. The molecule has 0 spiro atoms. The third-order valence-electron chi connectivity index (χ3n) is 3.37. The molecule has 0 aliphatic heterocycles.